The fourth-order valence-corrected chi connectivity index (χ4v) is 0.128. The third-order valence-electron chi connectivity index (χ3n) is 0.267. The number of rotatable bonds is 0. The lowest BCUT2D eigenvalue weighted by Gasteiger charge is -1.76. The summed E-state index contributed by atoms with van der Waals surface area (Å²) in [7, 11) is 0. The highest BCUT2D eigenvalue weighted by molar-refractivity contribution is 4.43. The van der Waals surface area contributed by atoms with Gasteiger partial charge in [0.25, 0.3) is 0 Å². The normalized spacial score (nSPS) is 72.0. The lowest BCUT2D eigenvalue weighted by atomic mass is 10.7. The summed E-state index contributed by atoms with van der Waals surface area (Å²) >= 11 is 0. The van der Waals surface area contributed by atoms with Crippen LogP contribution in [-0.4, -0.2) is 19.7 Å². The molecular formula is C3H7NO. The first-order valence-electron chi connectivity index (χ1n) is 4.16. The maximum Gasteiger partial charge on any atom is 0.0966 e. The molecule has 0 spiro atoms. The van der Waals surface area contributed by atoms with E-state index in [2.05, 4.69) is 4.74 Å². The van der Waals surface area contributed by atoms with E-state index in [-0.39, 0.29) is 0 Å². The van der Waals surface area contributed by atoms with Gasteiger partial charge < -0.3 is 4.74 Å². The molecule has 1 heterocycles. The maximum absolute atomic E-state index is 6.96. The van der Waals surface area contributed by atoms with E-state index in [4.69, 9.17) is 8.22 Å². The quantitative estimate of drug-likeness (QED) is 0.425. The van der Waals surface area contributed by atoms with Crippen molar-refractivity contribution in [2.75, 3.05) is 19.7 Å². The second-order valence-electron chi connectivity index (χ2n) is 0.556. The van der Waals surface area contributed by atoms with E-state index in [0.29, 0.717) is 0 Å². The molecule has 1 N–H and O–H groups in total. The molecule has 0 bridgehead atoms. The van der Waals surface area contributed by atoms with Gasteiger partial charge in [-0.05, 0) is 0 Å². The lowest BCUT2D eigenvalue weighted by Crippen LogP contribution is -2.05. The highest BCUT2D eigenvalue weighted by Crippen LogP contribution is 1.75. The first kappa shape index (κ1) is 0.634. The smallest absolute Gasteiger partial charge is 0.0966 e. The van der Waals surface area contributed by atoms with Crippen molar-refractivity contribution >= 4 is 0 Å². The summed E-state index contributed by atoms with van der Waals surface area (Å²) in [6.45, 7) is -7.56. The summed E-state index contributed by atoms with van der Waals surface area (Å²) in [5.74, 6) is 0. The Morgan fingerprint density at radius 2 is 3.00 bits per heavy atom. The molecule has 5 heavy (non-hydrogen) atoms. The number of ether oxygens (including phenoxy) is 1. The topological polar surface area (TPSA) is 21.3 Å². The van der Waals surface area contributed by atoms with Gasteiger partial charge in [-0.15, -0.1) is 0 Å². The first-order valence-corrected chi connectivity index (χ1v) is 1.16. The summed E-state index contributed by atoms with van der Waals surface area (Å²) < 4.78 is 45.6. The van der Waals surface area contributed by atoms with Gasteiger partial charge in [-0.25, -0.2) is 0 Å². The molecule has 0 atom stereocenters. The Bertz CT molecular complexity index is 161. The molecule has 1 aliphatic rings. The molecule has 0 amide bonds. The van der Waals surface area contributed by atoms with E-state index in [1.165, 1.54) is 0 Å². The van der Waals surface area contributed by atoms with Crippen molar-refractivity contribution in [3.8, 4) is 0 Å². The van der Waals surface area contributed by atoms with Crippen LogP contribution in [0.15, 0.2) is 0 Å². The van der Waals surface area contributed by atoms with Crippen molar-refractivity contribution in [2.24, 2.45) is 0 Å². The minimum absolute atomic E-state index is 1.73. The fraction of sp³-hybridized carbons (Fsp3) is 1.00. The highest BCUT2D eigenvalue weighted by Gasteiger charge is 1.92. The molecule has 0 saturated carbocycles. The number of hydrogen-bond acceptors (Lipinski definition) is 2. The SMILES string of the molecule is [2H]C1([2H])NC([2H])([2H])C([2H])([2H])O1. The van der Waals surface area contributed by atoms with Crippen molar-refractivity contribution in [3.63, 3.8) is 0 Å². The van der Waals surface area contributed by atoms with Gasteiger partial charge in [0.15, 0.2) is 0 Å². The van der Waals surface area contributed by atoms with Crippen LogP contribution < -0.4 is 5.32 Å². The van der Waals surface area contributed by atoms with E-state index in [0.717, 1.165) is 0 Å². The molecular weight excluding hydrogens is 66.0 g/mol. The van der Waals surface area contributed by atoms with Gasteiger partial charge in [-0.1, -0.05) is 0 Å². The van der Waals surface area contributed by atoms with Crippen molar-refractivity contribution in [1.29, 1.82) is 0 Å². The largest absolute Gasteiger partial charge is 0.365 e. The molecule has 0 aromatic rings. The summed E-state index contributed by atoms with van der Waals surface area (Å²) in [6, 6.07) is 0. The average molecular weight is 79.1 g/mol. The number of nitrogens with one attached hydrogen (secondary N) is 1. The van der Waals surface area contributed by atoms with Crippen LogP contribution in [-0.2, 0) is 4.74 Å². The summed E-state index contributed by atoms with van der Waals surface area (Å²) in [5.41, 5.74) is 0. The minimum Gasteiger partial charge on any atom is -0.365 e. The predicted octanol–water partition coefficient (Wildman–Crippen LogP) is -0.436. The molecule has 0 aromatic heterocycles. The van der Waals surface area contributed by atoms with Crippen molar-refractivity contribution in [1.82, 2.24) is 5.32 Å². The van der Waals surface area contributed by atoms with E-state index < -0.39 is 19.7 Å². The van der Waals surface area contributed by atoms with Gasteiger partial charge in [-0.3, -0.25) is 5.32 Å². The van der Waals surface area contributed by atoms with Crippen LogP contribution in [0.4, 0.5) is 0 Å². The van der Waals surface area contributed by atoms with Gasteiger partial charge in [0, 0.05) is 9.24 Å². The van der Waals surface area contributed by atoms with E-state index in [9.17, 15) is 0 Å². The van der Waals surface area contributed by atoms with Gasteiger partial charge >= 0.3 is 0 Å². The second-order valence-corrected chi connectivity index (χ2v) is 0.556. The Balaban J connectivity index is 2.89. The molecule has 0 radical (unpaired) electrons. The van der Waals surface area contributed by atoms with Crippen LogP contribution in [0.1, 0.15) is 8.22 Å². The molecule has 0 aliphatic carbocycles. The zero-order chi connectivity index (χ0) is 8.91. The highest BCUT2D eigenvalue weighted by atomic mass is 16.5. The molecule has 0 unspecified atom stereocenters. The van der Waals surface area contributed by atoms with Crippen molar-refractivity contribution in [2.45, 2.75) is 0 Å². The number of hydrogen-bond donors (Lipinski definition) is 1. The monoisotopic (exact) mass is 79.1 g/mol. The first-order chi connectivity index (χ1) is 4.66. The van der Waals surface area contributed by atoms with Crippen LogP contribution in [0, 0.1) is 0 Å². The maximum atomic E-state index is 6.96. The van der Waals surface area contributed by atoms with Crippen LogP contribution in [0.5, 0.6) is 0 Å². The van der Waals surface area contributed by atoms with E-state index in [1.807, 2.05) is 0 Å². The van der Waals surface area contributed by atoms with Gasteiger partial charge in [0.2, 0.25) is 0 Å². The molecule has 2 heteroatoms. The summed E-state index contributed by atoms with van der Waals surface area (Å²) in [5, 5.41) is 1.73. The van der Waals surface area contributed by atoms with Gasteiger partial charge in [-0.2, -0.15) is 0 Å². The summed E-state index contributed by atoms with van der Waals surface area (Å²) in [6.07, 6.45) is 0. The molecule has 1 fully saturated rings. The van der Waals surface area contributed by atoms with Gasteiger partial charge in [0.1, 0.15) is 0 Å². The molecule has 1 saturated heterocycles. The van der Waals surface area contributed by atoms with E-state index >= 15 is 0 Å². The molecule has 1 rings (SSSR count). The second kappa shape index (κ2) is 1.38. The molecule has 1 aliphatic heterocycles. The fourth-order valence-electron chi connectivity index (χ4n) is 0.128. The van der Waals surface area contributed by atoms with E-state index in [1.54, 1.807) is 5.32 Å². The Hall–Kier alpha value is -0.0800. The minimum atomic E-state index is -2.63. The van der Waals surface area contributed by atoms with Gasteiger partial charge in [0.05, 0.1) is 18.7 Å². The van der Waals surface area contributed by atoms with Crippen LogP contribution >= 0.6 is 0 Å². The predicted molar refractivity (Wildman–Crippen MR) is 18.8 cm³/mol. The van der Waals surface area contributed by atoms with Crippen molar-refractivity contribution in [3.05, 3.63) is 0 Å². The average Bonchev–Trinajstić information content (AvgIpc) is 1.66. The molecule has 2 nitrogen and oxygen atoms in total. The Morgan fingerprint density at radius 3 is 3.20 bits per heavy atom. The van der Waals surface area contributed by atoms with Crippen LogP contribution in [0.3, 0.4) is 0 Å². The van der Waals surface area contributed by atoms with Crippen LogP contribution in [0.2, 0.25) is 0 Å². The third-order valence-corrected chi connectivity index (χ3v) is 0.267. The summed E-state index contributed by atoms with van der Waals surface area (Å²) in [4.78, 5) is 0. The molecule has 0 aromatic carbocycles. The van der Waals surface area contributed by atoms with Crippen molar-refractivity contribution < 1.29 is 13.0 Å². The third kappa shape index (κ3) is 0.597. The van der Waals surface area contributed by atoms with Crippen LogP contribution in [0.25, 0.3) is 0 Å². The standard InChI is InChI=1S/C3H7NO/c1-2-5-3-4-1/h4H,1-3H2/i1D2,2D2,3D2. The molecule has 30 valence electrons. The zero-order valence-electron chi connectivity index (χ0n) is 8.41. The lowest BCUT2D eigenvalue weighted by molar-refractivity contribution is 0.194. The Kier molecular flexibility index (Phi) is 0.175. The zero-order valence-corrected chi connectivity index (χ0v) is 2.41. The Morgan fingerprint density at radius 1 is 2.00 bits per heavy atom. The Labute approximate surface area is 39.6 Å².